The lowest BCUT2D eigenvalue weighted by atomic mass is 10.1. The largest absolute Gasteiger partial charge is 0.492 e. The molecule has 0 radical (unpaired) electrons. The molecule has 1 aromatic carbocycles. The van der Waals surface area contributed by atoms with Gasteiger partial charge in [0.2, 0.25) is 0 Å². The molecular formula is C27H43IO3. The molecule has 0 aliphatic heterocycles. The van der Waals surface area contributed by atoms with E-state index in [-0.39, 0.29) is 0 Å². The van der Waals surface area contributed by atoms with Crippen molar-refractivity contribution in [3.63, 3.8) is 0 Å². The number of benzene rings is 1. The van der Waals surface area contributed by atoms with Crippen LogP contribution in [-0.4, -0.2) is 23.9 Å². The molecule has 0 aliphatic rings. The van der Waals surface area contributed by atoms with Crippen LogP contribution in [0.25, 0.3) is 0 Å². The molecule has 0 bridgehead atoms. The fraction of sp³-hybridized carbons (Fsp3) is 0.704. The van der Waals surface area contributed by atoms with E-state index in [0.29, 0.717) is 6.61 Å². The summed E-state index contributed by atoms with van der Waals surface area (Å²) >= 11 is 2.31. The summed E-state index contributed by atoms with van der Waals surface area (Å²) in [6, 6.07) is 3.98. The predicted octanol–water partition coefficient (Wildman–Crippen LogP) is 7.89. The molecule has 3 nitrogen and oxygen atoms in total. The van der Waals surface area contributed by atoms with Crippen molar-refractivity contribution in [3.05, 3.63) is 21.3 Å². The quantitative estimate of drug-likeness (QED) is 0.131. The summed E-state index contributed by atoms with van der Waals surface area (Å²) in [6.07, 6.45) is 14.9. The molecule has 1 rings (SSSR count). The molecule has 1 N–H and O–H groups in total. The smallest absolute Gasteiger partial charge is 0.136 e. The minimum atomic E-state index is -1.04. The molecule has 0 aliphatic carbocycles. The van der Waals surface area contributed by atoms with Gasteiger partial charge in [-0.15, -0.1) is 0 Å². The lowest BCUT2D eigenvalue weighted by Gasteiger charge is -2.14. The van der Waals surface area contributed by atoms with Crippen LogP contribution < -0.4 is 9.47 Å². The van der Waals surface area contributed by atoms with E-state index in [1.54, 1.807) is 13.8 Å². The molecule has 4 heteroatoms. The van der Waals surface area contributed by atoms with Gasteiger partial charge in [0.25, 0.3) is 0 Å². The Labute approximate surface area is 204 Å². The van der Waals surface area contributed by atoms with Crippen molar-refractivity contribution in [1.82, 2.24) is 0 Å². The summed E-state index contributed by atoms with van der Waals surface area (Å²) in [6.45, 7) is 9.28. The second-order valence-corrected chi connectivity index (χ2v) is 9.98. The van der Waals surface area contributed by atoms with Crippen molar-refractivity contribution in [2.75, 3.05) is 13.2 Å². The summed E-state index contributed by atoms with van der Waals surface area (Å²) in [5, 5.41) is 10.0. The number of rotatable bonds is 16. The summed E-state index contributed by atoms with van der Waals surface area (Å²) < 4.78 is 13.2. The maximum atomic E-state index is 10.0. The van der Waals surface area contributed by atoms with Crippen LogP contribution in [0.15, 0.2) is 12.1 Å². The van der Waals surface area contributed by atoms with Crippen molar-refractivity contribution in [1.29, 1.82) is 0 Å². The molecule has 1 aromatic rings. The van der Waals surface area contributed by atoms with E-state index in [4.69, 9.17) is 9.47 Å². The standard InChI is InChI=1S/C27H43IO3/c1-5-7-9-11-13-15-19-30-25-22-24(28)26(21-23(25)17-18-27(3,4)29)31-20-16-14-12-10-8-6-2/h21-22,29H,5-16,19-20H2,1-4H3. The van der Waals surface area contributed by atoms with Crippen molar-refractivity contribution in [3.8, 4) is 23.3 Å². The second kappa shape index (κ2) is 16.7. The average molecular weight is 543 g/mol. The summed E-state index contributed by atoms with van der Waals surface area (Å²) in [5.41, 5.74) is -0.259. The molecule has 31 heavy (non-hydrogen) atoms. The number of hydrogen-bond acceptors (Lipinski definition) is 3. The van der Waals surface area contributed by atoms with Crippen molar-refractivity contribution >= 4 is 22.6 Å². The van der Waals surface area contributed by atoms with Crippen LogP contribution in [0.3, 0.4) is 0 Å². The SMILES string of the molecule is CCCCCCCCOc1cc(C#CC(C)(C)O)c(OCCCCCCCC)cc1I. The highest BCUT2D eigenvalue weighted by Gasteiger charge is 2.12. The number of halogens is 1. The summed E-state index contributed by atoms with van der Waals surface area (Å²) in [5.74, 6) is 7.65. The van der Waals surface area contributed by atoms with E-state index in [9.17, 15) is 5.11 Å². The Hall–Kier alpha value is -0.930. The average Bonchev–Trinajstić information content (AvgIpc) is 2.72. The van der Waals surface area contributed by atoms with E-state index in [1.807, 2.05) is 12.1 Å². The molecule has 176 valence electrons. The first-order valence-corrected chi connectivity index (χ1v) is 13.3. The number of unbranched alkanes of at least 4 members (excludes halogenated alkanes) is 10. The third-order valence-electron chi connectivity index (χ3n) is 5.05. The van der Waals surface area contributed by atoms with Gasteiger partial charge in [-0.25, -0.2) is 0 Å². The third-order valence-corrected chi connectivity index (χ3v) is 5.89. The van der Waals surface area contributed by atoms with Gasteiger partial charge in [-0.3, -0.25) is 0 Å². The monoisotopic (exact) mass is 542 g/mol. The lowest BCUT2D eigenvalue weighted by Crippen LogP contribution is -2.14. The normalized spacial score (nSPS) is 11.2. The van der Waals surface area contributed by atoms with E-state index in [2.05, 4.69) is 48.3 Å². The molecule has 0 heterocycles. The van der Waals surface area contributed by atoms with Gasteiger partial charge in [0.05, 0.1) is 22.3 Å². The van der Waals surface area contributed by atoms with Crippen molar-refractivity contribution < 1.29 is 14.6 Å². The summed E-state index contributed by atoms with van der Waals surface area (Å²) in [4.78, 5) is 0. The Morgan fingerprint density at radius 3 is 1.77 bits per heavy atom. The Morgan fingerprint density at radius 2 is 1.26 bits per heavy atom. The maximum absolute atomic E-state index is 10.0. The highest BCUT2D eigenvalue weighted by molar-refractivity contribution is 14.1. The van der Waals surface area contributed by atoms with E-state index < -0.39 is 5.60 Å². The van der Waals surface area contributed by atoms with Gasteiger partial charge >= 0.3 is 0 Å². The number of hydrogen-bond donors (Lipinski definition) is 1. The minimum absolute atomic E-state index is 0.692. The van der Waals surface area contributed by atoms with Gasteiger partial charge in [0.15, 0.2) is 0 Å². The maximum Gasteiger partial charge on any atom is 0.136 e. The first kappa shape index (κ1) is 28.1. The zero-order valence-electron chi connectivity index (χ0n) is 20.2. The fourth-order valence-corrected chi connectivity index (χ4v) is 3.81. The van der Waals surface area contributed by atoms with Gasteiger partial charge < -0.3 is 14.6 Å². The van der Waals surface area contributed by atoms with E-state index >= 15 is 0 Å². The number of ether oxygens (including phenoxy) is 2. The van der Waals surface area contributed by atoms with Crippen LogP contribution in [0.4, 0.5) is 0 Å². The zero-order chi connectivity index (χ0) is 23.0. The lowest BCUT2D eigenvalue weighted by molar-refractivity contribution is 0.143. The van der Waals surface area contributed by atoms with Gasteiger partial charge in [0, 0.05) is 6.07 Å². The molecule has 0 unspecified atom stereocenters. The Bertz CT molecular complexity index is 668. The first-order chi connectivity index (χ1) is 14.9. The first-order valence-electron chi connectivity index (χ1n) is 12.2. The molecule has 0 saturated carbocycles. The van der Waals surface area contributed by atoms with Crippen LogP contribution in [0.2, 0.25) is 0 Å². The molecule has 0 fully saturated rings. The molecule has 0 saturated heterocycles. The van der Waals surface area contributed by atoms with Gasteiger partial charge in [0.1, 0.15) is 17.1 Å². The Balaban J connectivity index is 2.69. The third kappa shape index (κ3) is 14.0. The van der Waals surface area contributed by atoms with E-state index in [0.717, 1.165) is 40.1 Å². The second-order valence-electron chi connectivity index (χ2n) is 8.82. The van der Waals surface area contributed by atoms with Crippen molar-refractivity contribution in [2.45, 2.75) is 110 Å². The van der Waals surface area contributed by atoms with E-state index in [1.165, 1.54) is 64.2 Å². The Kier molecular flexibility index (Phi) is 15.1. The predicted molar refractivity (Wildman–Crippen MR) is 140 cm³/mol. The fourth-order valence-electron chi connectivity index (χ4n) is 3.21. The van der Waals surface area contributed by atoms with Crippen LogP contribution in [0.1, 0.15) is 110 Å². The van der Waals surface area contributed by atoms with Crippen LogP contribution in [-0.2, 0) is 0 Å². The highest BCUT2D eigenvalue weighted by Crippen LogP contribution is 2.30. The molecule has 0 spiro atoms. The van der Waals surface area contributed by atoms with Crippen molar-refractivity contribution in [2.24, 2.45) is 0 Å². The van der Waals surface area contributed by atoms with Gasteiger partial charge in [-0.2, -0.15) is 0 Å². The topological polar surface area (TPSA) is 38.7 Å². The molecule has 0 aromatic heterocycles. The van der Waals surface area contributed by atoms with Crippen LogP contribution >= 0.6 is 22.6 Å². The van der Waals surface area contributed by atoms with Crippen LogP contribution in [0.5, 0.6) is 11.5 Å². The number of aliphatic hydroxyl groups is 1. The van der Waals surface area contributed by atoms with Crippen LogP contribution in [0, 0.1) is 15.4 Å². The minimum Gasteiger partial charge on any atom is -0.492 e. The van der Waals surface area contributed by atoms with Gasteiger partial charge in [-0.05, 0) is 55.3 Å². The zero-order valence-corrected chi connectivity index (χ0v) is 22.4. The Morgan fingerprint density at radius 1 is 0.774 bits per heavy atom. The van der Waals surface area contributed by atoms with Gasteiger partial charge in [-0.1, -0.05) is 89.9 Å². The molecular weight excluding hydrogens is 499 g/mol. The molecule has 0 atom stereocenters. The highest BCUT2D eigenvalue weighted by atomic mass is 127. The molecule has 0 amide bonds. The summed E-state index contributed by atoms with van der Waals surface area (Å²) in [7, 11) is 0.